The smallest absolute Gasteiger partial charge is 0.313 e. The summed E-state index contributed by atoms with van der Waals surface area (Å²) in [6.07, 6.45) is -0.358. The van der Waals surface area contributed by atoms with Gasteiger partial charge in [-0.15, -0.1) is 0 Å². The zero-order chi connectivity index (χ0) is 12.0. The van der Waals surface area contributed by atoms with Crippen LogP contribution in [0.4, 0.5) is 0 Å². The van der Waals surface area contributed by atoms with E-state index in [1.807, 2.05) is 0 Å². The van der Waals surface area contributed by atoms with Gasteiger partial charge in [-0.2, -0.15) is 0 Å². The summed E-state index contributed by atoms with van der Waals surface area (Å²) in [6, 6.07) is 8.69. The van der Waals surface area contributed by atoms with E-state index in [0.29, 0.717) is 5.56 Å². The van der Waals surface area contributed by atoms with E-state index in [9.17, 15) is 14.7 Å². The first kappa shape index (κ1) is 12.2. The van der Waals surface area contributed by atoms with Crippen LogP contribution < -0.4 is 5.11 Å². The minimum atomic E-state index is -1.26. The Bertz CT molecular complexity index is 359. The number of carbonyl (C=O) groups is 2. The van der Waals surface area contributed by atoms with Crippen LogP contribution in [0, 0.1) is 0 Å². The van der Waals surface area contributed by atoms with Crippen LogP contribution in [-0.4, -0.2) is 18.5 Å². The fraction of sp³-hybridized carbons (Fsp3) is 0.333. The predicted octanol–water partition coefficient (Wildman–Crippen LogP) is 0.473. The number of carboxylic acids is 1. The first-order valence-corrected chi connectivity index (χ1v) is 5.06. The summed E-state index contributed by atoms with van der Waals surface area (Å²) >= 11 is 0. The molecular weight excluding hydrogens is 208 g/mol. The molecule has 0 radical (unpaired) electrons. The summed E-state index contributed by atoms with van der Waals surface area (Å²) in [5.41, 5.74) is 0.630. The molecule has 0 N–H and O–H groups in total. The largest absolute Gasteiger partial charge is 0.550 e. The SMILES string of the molecule is CCOC(=O)[C@H](CC(=O)[O-])c1ccccc1. The van der Waals surface area contributed by atoms with Crippen molar-refractivity contribution in [2.45, 2.75) is 19.3 Å². The average molecular weight is 221 g/mol. The molecule has 0 aliphatic rings. The van der Waals surface area contributed by atoms with Gasteiger partial charge in [0.2, 0.25) is 0 Å². The maximum atomic E-state index is 11.6. The van der Waals surface area contributed by atoms with Crippen LogP contribution in [0.1, 0.15) is 24.8 Å². The van der Waals surface area contributed by atoms with Crippen molar-refractivity contribution in [3.8, 4) is 0 Å². The van der Waals surface area contributed by atoms with E-state index in [4.69, 9.17) is 4.74 Å². The van der Waals surface area contributed by atoms with E-state index in [1.165, 1.54) is 0 Å². The Hall–Kier alpha value is -1.84. The maximum absolute atomic E-state index is 11.6. The summed E-state index contributed by atoms with van der Waals surface area (Å²) in [5.74, 6) is -2.58. The second kappa shape index (κ2) is 5.90. The number of benzene rings is 1. The van der Waals surface area contributed by atoms with Crippen LogP contribution in [0.5, 0.6) is 0 Å². The third-order valence-corrected chi connectivity index (χ3v) is 2.14. The van der Waals surface area contributed by atoms with Crippen molar-refractivity contribution < 1.29 is 19.4 Å². The standard InChI is InChI=1S/C12H14O4/c1-2-16-12(15)10(8-11(13)14)9-6-4-3-5-7-9/h3-7,10H,2,8H2,1H3,(H,13,14)/p-1/t10-/m1/s1. The molecule has 0 aromatic heterocycles. The zero-order valence-corrected chi connectivity index (χ0v) is 9.01. The average Bonchev–Trinajstić information content (AvgIpc) is 2.27. The first-order valence-electron chi connectivity index (χ1n) is 5.06. The first-order chi connectivity index (χ1) is 7.65. The fourth-order valence-electron chi connectivity index (χ4n) is 1.43. The Morgan fingerprint density at radius 3 is 2.44 bits per heavy atom. The monoisotopic (exact) mass is 221 g/mol. The summed E-state index contributed by atoms with van der Waals surface area (Å²) in [5, 5.41) is 10.6. The molecule has 0 aliphatic carbocycles. The van der Waals surface area contributed by atoms with Crippen molar-refractivity contribution >= 4 is 11.9 Å². The molecule has 4 nitrogen and oxygen atoms in total. The highest BCUT2D eigenvalue weighted by Gasteiger charge is 2.21. The molecule has 0 aliphatic heterocycles. The molecule has 1 aromatic rings. The Morgan fingerprint density at radius 2 is 1.94 bits per heavy atom. The minimum absolute atomic E-state index is 0.231. The van der Waals surface area contributed by atoms with E-state index in [-0.39, 0.29) is 13.0 Å². The number of ether oxygens (including phenoxy) is 1. The van der Waals surface area contributed by atoms with E-state index in [1.54, 1.807) is 37.3 Å². The molecule has 0 unspecified atom stereocenters. The molecule has 1 atom stereocenters. The lowest BCUT2D eigenvalue weighted by Crippen LogP contribution is -2.28. The number of carbonyl (C=O) groups excluding carboxylic acids is 2. The van der Waals surface area contributed by atoms with Crippen molar-refractivity contribution in [1.82, 2.24) is 0 Å². The lowest BCUT2D eigenvalue weighted by Gasteiger charge is -2.16. The van der Waals surface area contributed by atoms with Gasteiger partial charge >= 0.3 is 5.97 Å². The third kappa shape index (κ3) is 3.38. The van der Waals surface area contributed by atoms with Crippen molar-refractivity contribution in [1.29, 1.82) is 0 Å². The summed E-state index contributed by atoms with van der Waals surface area (Å²) in [4.78, 5) is 22.1. The minimum Gasteiger partial charge on any atom is -0.550 e. The molecule has 0 saturated heterocycles. The van der Waals surface area contributed by atoms with E-state index in [0.717, 1.165) is 0 Å². The molecular formula is C12H13O4-. The number of aliphatic carboxylic acids is 1. The Kier molecular flexibility index (Phi) is 4.51. The molecule has 1 rings (SSSR count). The lowest BCUT2D eigenvalue weighted by atomic mass is 9.96. The molecule has 0 heterocycles. The Labute approximate surface area is 93.9 Å². The van der Waals surface area contributed by atoms with Gasteiger partial charge in [-0.05, 0) is 12.5 Å². The van der Waals surface area contributed by atoms with Crippen LogP contribution in [0.15, 0.2) is 30.3 Å². The second-order valence-electron chi connectivity index (χ2n) is 3.29. The van der Waals surface area contributed by atoms with Gasteiger partial charge in [-0.1, -0.05) is 30.3 Å². The number of hydrogen-bond acceptors (Lipinski definition) is 4. The van der Waals surface area contributed by atoms with Crippen molar-refractivity contribution in [3.05, 3.63) is 35.9 Å². The number of rotatable bonds is 5. The van der Waals surface area contributed by atoms with Gasteiger partial charge in [0.25, 0.3) is 0 Å². The number of esters is 1. The van der Waals surface area contributed by atoms with Crippen molar-refractivity contribution in [2.75, 3.05) is 6.61 Å². The molecule has 0 amide bonds. The van der Waals surface area contributed by atoms with Crippen molar-refractivity contribution in [2.24, 2.45) is 0 Å². The fourth-order valence-corrected chi connectivity index (χ4v) is 1.43. The van der Waals surface area contributed by atoms with Crippen molar-refractivity contribution in [3.63, 3.8) is 0 Å². The molecule has 16 heavy (non-hydrogen) atoms. The van der Waals surface area contributed by atoms with Gasteiger partial charge in [0, 0.05) is 12.4 Å². The van der Waals surface area contributed by atoms with E-state index < -0.39 is 17.9 Å². The van der Waals surface area contributed by atoms with E-state index >= 15 is 0 Å². The van der Waals surface area contributed by atoms with Gasteiger partial charge in [0.1, 0.15) is 0 Å². The zero-order valence-electron chi connectivity index (χ0n) is 9.01. The van der Waals surface area contributed by atoms with Gasteiger partial charge in [0.15, 0.2) is 0 Å². The predicted molar refractivity (Wildman–Crippen MR) is 55.4 cm³/mol. The van der Waals surface area contributed by atoms with Gasteiger partial charge in [-0.25, -0.2) is 0 Å². The van der Waals surface area contributed by atoms with Crippen LogP contribution in [0.25, 0.3) is 0 Å². The Balaban J connectivity index is 2.87. The number of hydrogen-bond donors (Lipinski definition) is 0. The normalized spacial score (nSPS) is 11.8. The molecule has 4 heteroatoms. The molecule has 0 spiro atoms. The molecule has 0 fully saturated rings. The highest BCUT2D eigenvalue weighted by molar-refractivity contribution is 5.83. The van der Waals surface area contributed by atoms with Gasteiger partial charge < -0.3 is 14.6 Å². The summed E-state index contributed by atoms with van der Waals surface area (Å²) < 4.78 is 4.83. The van der Waals surface area contributed by atoms with Crippen LogP contribution >= 0.6 is 0 Å². The van der Waals surface area contributed by atoms with E-state index in [2.05, 4.69) is 0 Å². The second-order valence-corrected chi connectivity index (χ2v) is 3.29. The quantitative estimate of drug-likeness (QED) is 0.678. The topological polar surface area (TPSA) is 66.4 Å². The van der Waals surface area contributed by atoms with Crippen LogP contribution in [0.3, 0.4) is 0 Å². The van der Waals surface area contributed by atoms with Gasteiger partial charge in [-0.3, -0.25) is 4.79 Å². The highest BCUT2D eigenvalue weighted by atomic mass is 16.5. The Morgan fingerprint density at radius 1 is 1.31 bits per heavy atom. The maximum Gasteiger partial charge on any atom is 0.313 e. The molecule has 86 valence electrons. The molecule has 0 bridgehead atoms. The number of carboxylic acid groups (broad SMARTS) is 1. The highest BCUT2D eigenvalue weighted by Crippen LogP contribution is 2.20. The summed E-state index contributed by atoms with van der Waals surface area (Å²) in [7, 11) is 0. The lowest BCUT2D eigenvalue weighted by molar-refractivity contribution is -0.306. The van der Waals surface area contributed by atoms with Gasteiger partial charge in [0.05, 0.1) is 12.5 Å². The van der Waals surface area contributed by atoms with Crippen LogP contribution in [-0.2, 0) is 14.3 Å². The third-order valence-electron chi connectivity index (χ3n) is 2.14. The molecule has 0 saturated carbocycles. The van der Waals surface area contributed by atoms with Crippen LogP contribution in [0.2, 0.25) is 0 Å². The summed E-state index contributed by atoms with van der Waals surface area (Å²) in [6.45, 7) is 1.91. The molecule has 1 aromatic carbocycles.